The van der Waals surface area contributed by atoms with E-state index in [2.05, 4.69) is 0 Å². The van der Waals surface area contributed by atoms with E-state index in [-0.39, 0.29) is 18.4 Å². The van der Waals surface area contributed by atoms with Crippen LogP contribution in [0.2, 0.25) is 0 Å². The Labute approximate surface area is 187 Å². The number of fused-ring (bicyclic) bond motifs is 1. The molecule has 0 N–H and O–H groups in total. The number of hydrogen-bond acceptors (Lipinski definition) is 5. The predicted molar refractivity (Wildman–Crippen MR) is 117 cm³/mol. The highest BCUT2D eigenvalue weighted by Crippen LogP contribution is 2.34. The quantitative estimate of drug-likeness (QED) is 0.716. The van der Waals surface area contributed by atoms with Crippen molar-refractivity contribution in [1.29, 1.82) is 0 Å². The molecule has 2 amide bonds. The van der Waals surface area contributed by atoms with Crippen LogP contribution in [0.1, 0.15) is 28.9 Å². The lowest BCUT2D eigenvalue weighted by molar-refractivity contribution is -0.165. The number of morpholine rings is 1. The van der Waals surface area contributed by atoms with Crippen molar-refractivity contribution in [3.8, 4) is 11.5 Å². The molecule has 1 atom stereocenters. The van der Waals surface area contributed by atoms with Gasteiger partial charge in [-0.05, 0) is 38.0 Å². The third kappa shape index (κ3) is 3.72. The number of benzene rings is 1. The Balaban J connectivity index is 1.21. The molecule has 0 saturated carbocycles. The van der Waals surface area contributed by atoms with Gasteiger partial charge in [0.2, 0.25) is 6.10 Å². The third-order valence-corrected chi connectivity index (χ3v) is 6.92. The smallest absolute Gasteiger partial charge is 0.267 e. The van der Waals surface area contributed by atoms with E-state index < -0.39 is 11.7 Å². The summed E-state index contributed by atoms with van der Waals surface area (Å²) in [6.45, 7) is 4.94. The molecule has 8 nitrogen and oxygen atoms in total. The molecular formula is C24H29N3O5. The molecule has 32 heavy (non-hydrogen) atoms. The summed E-state index contributed by atoms with van der Waals surface area (Å²) in [6.07, 6.45) is 2.68. The molecule has 4 heterocycles. The lowest BCUT2D eigenvalue weighted by Crippen LogP contribution is -2.60. The fourth-order valence-corrected chi connectivity index (χ4v) is 4.80. The van der Waals surface area contributed by atoms with E-state index in [1.165, 1.54) is 0 Å². The zero-order valence-corrected chi connectivity index (χ0v) is 18.6. The van der Waals surface area contributed by atoms with Crippen LogP contribution in [0.3, 0.4) is 0 Å². The van der Waals surface area contributed by atoms with Gasteiger partial charge in [0, 0.05) is 38.6 Å². The number of likely N-dealkylation sites (tertiary alicyclic amines) is 1. The predicted octanol–water partition coefficient (Wildman–Crippen LogP) is 2.01. The summed E-state index contributed by atoms with van der Waals surface area (Å²) in [7, 11) is 1.94. The van der Waals surface area contributed by atoms with Crippen LogP contribution in [0.15, 0.2) is 36.5 Å². The summed E-state index contributed by atoms with van der Waals surface area (Å²) in [5.41, 5.74) is 1.31. The Morgan fingerprint density at radius 3 is 2.50 bits per heavy atom. The first kappa shape index (κ1) is 20.9. The minimum Gasteiger partial charge on any atom is -0.485 e. The Morgan fingerprint density at radius 1 is 1.03 bits per heavy atom. The van der Waals surface area contributed by atoms with Crippen molar-refractivity contribution in [1.82, 2.24) is 14.4 Å². The number of ether oxygens (including phenoxy) is 3. The standard InChI is InChI=1S/C24H29N3O5/c1-17-18(7-10-25(17)2)22(28)26-11-8-24(9-12-26)16-27(13-14-31-24)23(29)21-15-30-19-5-3-4-6-20(19)32-21/h3-7,10,21H,8-9,11-16H2,1-2H3. The van der Waals surface area contributed by atoms with Crippen LogP contribution in [-0.4, -0.2) is 77.3 Å². The first-order chi connectivity index (χ1) is 15.5. The van der Waals surface area contributed by atoms with Gasteiger partial charge in [0.05, 0.1) is 24.3 Å². The first-order valence-corrected chi connectivity index (χ1v) is 11.2. The van der Waals surface area contributed by atoms with E-state index in [1.807, 2.05) is 64.9 Å². The number of hydrogen-bond donors (Lipinski definition) is 0. The average Bonchev–Trinajstić information content (AvgIpc) is 3.16. The molecule has 1 unspecified atom stereocenters. The highest BCUT2D eigenvalue weighted by molar-refractivity contribution is 5.95. The van der Waals surface area contributed by atoms with Crippen molar-refractivity contribution in [3.05, 3.63) is 47.8 Å². The fraction of sp³-hybridized carbons (Fsp3) is 0.500. The zero-order chi connectivity index (χ0) is 22.3. The van der Waals surface area contributed by atoms with Crippen LogP contribution in [0.25, 0.3) is 0 Å². The van der Waals surface area contributed by atoms with E-state index in [0.717, 1.165) is 11.3 Å². The van der Waals surface area contributed by atoms with Gasteiger partial charge in [0.15, 0.2) is 11.5 Å². The zero-order valence-electron chi connectivity index (χ0n) is 18.6. The summed E-state index contributed by atoms with van der Waals surface area (Å²) in [4.78, 5) is 29.9. The van der Waals surface area contributed by atoms with Crippen molar-refractivity contribution in [2.24, 2.45) is 7.05 Å². The number of carbonyl (C=O) groups is 2. The van der Waals surface area contributed by atoms with Crippen LogP contribution >= 0.6 is 0 Å². The molecule has 1 spiro atoms. The van der Waals surface area contributed by atoms with E-state index in [1.54, 1.807) is 0 Å². The van der Waals surface area contributed by atoms with Gasteiger partial charge < -0.3 is 28.6 Å². The average molecular weight is 440 g/mol. The second kappa shape index (κ2) is 8.16. The third-order valence-electron chi connectivity index (χ3n) is 6.92. The number of rotatable bonds is 2. The normalized spacial score (nSPS) is 22.1. The highest BCUT2D eigenvalue weighted by atomic mass is 16.6. The van der Waals surface area contributed by atoms with Gasteiger partial charge in [0.25, 0.3) is 11.8 Å². The largest absolute Gasteiger partial charge is 0.485 e. The molecule has 5 rings (SSSR count). The lowest BCUT2D eigenvalue weighted by Gasteiger charge is -2.47. The number of aryl methyl sites for hydroxylation is 1. The van der Waals surface area contributed by atoms with Crippen molar-refractivity contribution in [2.45, 2.75) is 31.5 Å². The van der Waals surface area contributed by atoms with Gasteiger partial charge in [-0.1, -0.05) is 12.1 Å². The maximum atomic E-state index is 13.2. The minimum atomic E-state index is -0.650. The van der Waals surface area contributed by atoms with Gasteiger partial charge >= 0.3 is 0 Å². The van der Waals surface area contributed by atoms with Crippen molar-refractivity contribution < 1.29 is 23.8 Å². The summed E-state index contributed by atoms with van der Waals surface area (Å²) in [5.74, 6) is 1.26. The highest BCUT2D eigenvalue weighted by Gasteiger charge is 2.44. The lowest BCUT2D eigenvalue weighted by atomic mass is 9.88. The van der Waals surface area contributed by atoms with Crippen LogP contribution in [0.4, 0.5) is 0 Å². The molecule has 2 aromatic rings. The second-order valence-corrected chi connectivity index (χ2v) is 8.87. The Kier molecular flexibility index (Phi) is 5.33. The van der Waals surface area contributed by atoms with E-state index in [9.17, 15) is 9.59 Å². The van der Waals surface area contributed by atoms with Crippen LogP contribution in [0, 0.1) is 6.92 Å². The number of piperidine rings is 1. The summed E-state index contributed by atoms with van der Waals surface area (Å²) in [5, 5.41) is 0. The van der Waals surface area contributed by atoms with Crippen molar-refractivity contribution >= 4 is 11.8 Å². The molecule has 2 fully saturated rings. The summed E-state index contributed by atoms with van der Waals surface area (Å²) in [6, 6.07) is 9.28. The van der Waals surface area contributed by atoms with Crippen molar-refractivity contribution in [3.63, 3.8) is 0 Å². The second-order valence-electron chi connectivity index (χ2n) is 8.87. The topological polar surface area (TPSA) is 73.2 Å². The number of para-hydroxylation sites is 2. The van der Waals surface area contributed by atoms with Gasteiger partial charge in [-0.2, -0.15) is 0 Å². The maximum absolute atomic E-state index is 13.2. The Morgan fingerprint density at radius 2 is 1.78 bits per heavy atom. The maximum Gasteiger partial charge on any atom is 0.267 e. The fourth-order valence-electron chi connectivity index (χ4n) is 4.80. The van der Waals surface area contributed by atoms with Gasteiger partial charge in [-0.15, -0.1) is 0 Å². The molecule has 1 aromatic heterocycles. The molecule has 8 heteroatoms. The van der Waals surface area contributed by atoms with E-state index in [4.69, 9.17) is 14.2 Å². The van der Waals surface area contributed by atoms with Gasteiger partial charge in [-0.25, -0.2) is 0 Å². The Bertz CT molecular complexity index is 1020. The molecule has 0 bridgehead atoms. The molecule has 0 aliphatic carbocycles. The molecule has 3 aliphatic heterocycles. The molecule has 0 radical (unpaired) electrons. The van der Waals surface area contributed by atoms with Gasteiger partial charge in [0.1, 0.15) is 6.61 Å². The molecule has 2 saturated heterocycles. The number of carbonyl (C=O) groups excluding carboxylic acids is 2. The first-order valence-electron chi connectivity index (χ1n) is 11.2. The van der Waals surface area contributed by atoms with E-state index in [0.29, 0.717) is 57.1 Å². The van der Waals surface area contributed by atoms with Crippen LogP contribution in [0.5, 0.6) is 11.5 Å². The minimum absolute atomic E-state index is 0.0631. The number of aromatic nitrogens is 1. The van der Waals surface area contributed by atoms with Crippen LogP contribution < -0.4 is 9.47 Å². The number of amides is 2. The number of nitrogens with zero attached hydrogens (tertiary/aromatic N) is 3. The molecular weight excluding hydrogens is 410 g/mol. The summed E-state index contributed by atoms with van der Waals surface area (Å²) < 4.78 is 19.8. The van der Waals surface area contributed by atoms with Crippen LogP contribution in [-0.2, 0) is 16.6 Å². The monoisotopic (exact) mass is 439 g/mol. The van der Waals surface area contributed by atoms with Crippen molar-refractivity contribution in [2.75, 3.05) is 39.4 Å². The SMILES string of the molecule is Cc1c(C(=O)N2CCC3(CC2)CN(C(=O)C2COc4ccccc4O2)CCO3)ccn1C. The molecule has 3 aliphatic rings. The molecule has 170 valence electrons. The van der Waals surface area contributed by atoms with E-state index >= 15 is 0 Å². The van der Waals surface area contributed by atoms with Gasteiger partial charge in [-0.3, -0.25) is 9.59 Å². The summed E-state index contributed by atoms with van der Waals surface area (Å²) >= 11 is 0. The molecule has 1 aromatic carbocycles. The Hall–Kier alpha value is -3.00.